The van der Waals surface area contributed by atoms with Crippen molar-refractivity contribution < 1.29 is 0 Å². The van der Waals surface area contributed by atoms with Crippen molar-refractivity contribution >= 4 is 21.6 Å². The average Bonchev–Trinajstić information content (AvgIpc) is 3.19. The van der Waals surface area contributed by atoms with Crippen LogP contribution in [0.5, 0.6) is 0 Å². The van der Waals surface area contributed by atoms with Crippen LogP contribution >= 0.6 is 11.3 Å². The van der Waals surface area contributed by atoms with E-state index in [2.05, 4.69) is 16.8 Å². The second-order valence-corrected chi connectivity index (χ2v) is 6.62. The van der Waals surface area contributed by atoms with E-state index in [-0.39, 0.29) is 5.56 Å². The maximum atomic E-state index is 13.0. The van der Waals surface area contributed by atoms with E-state index in [1.54, 1.807) is 22.0 Å². The summed E-state index contributed by atoms with van der Waals surface area (Å²) in [5, 5.41) is 8.05. The van der Waals surface area contributed by atoms with Crippen molar-refractivity contribution in [2.75, 3.05) is 0 Å². The normalized spacial score (nSPS) is 14.1. The maximum absolute atomic E-state index is 13.0. The summed E-state index contributed by atoms with van der Waals surface area (Å²) in [6.45, 7) is 4.08. The Kier molecular flexibility index (Phi) is 3.26. The van der Waals surface area contributed by atoms with E-state index in [1.807, 2.05) is 0 Å². The van der Waals surface area contributed by atoms with Crippen LogP contribution in [-0.4, -0.2) is 24.1 Å². The predicted molar refractivity (Wildman–Crippen MR) is 88.0 cm³/mol. The molecule has 3 aromatic rings. The zero-order valence-electron chi connectivity index (χ0n) is 12.4. The van der Waals surface area contributed by atoms with Crippen LogP contribution in [0.2, 0.25) is 0 Å². The van der Waals surface area contributed by atoms with Crippen molar-refractivity contribution in [1.82, 2.24) is 24.1 Å². The molecule has 0 spiro atoms. The molecular formula is C15H15N5O2S. The number of thiophene rings is 1. The fraction of sp³-hybridized carbons (Fsp3) is 0.333. The van der Waals surface area contributed by atoms with Crippen LogP contribution in [0.3, 0.4) is 0 Å². The molecule has 1 aliphatic carbocycles. The third-order valence-corrected chi connectivity index (χ3v) is 5.48. The maximum Gasteiger partial charge on any atom is 0.352 e. The lowest BCUT2D eigenvalue weighted by Gasteiger charge is -2.12. The molecule has 0 N–H and O–H groups in total. The van der Waals surface area contributed by atoms with E-state index >= 15 is 0 Å². The van der Waals surface area contributed by atoms with Gasteiger partial charge in [0, 0.05) is 11.4 Å². The van der Waals surface area contributed by atoms with Gasteiger partial charge in [-0.25, -0.2) is 9.47 Å². The molecule has 0 aliphatic heterocycles. The van der Waals surface area contributed by atoms with Gasteiger partial charge in [0.15, 0.2) is 0 Å². The van der Waals surface area contributed by atoms with Gasteiger partial charge in [0.05, 0.1) is 5.39 Å². The summed E-state index contributed by atoms with van der Waals surface area (Å²) >= 11 is 1.56. The Morgan fingerprint density at radius 3 is 2.70 bits per heavy atom. The zero-order valence-corrected chi connectivity index (χ0v) is 13.3. The summed E-state index contributed by atoms with van der Waals surface area (Å²) in [6.07, 6.45) is 8.44. The topological polar surface area (TPSA) is 74.7 Å². The molecule has 4 rings (SSSR count). The molecule has 3 heterocycles. The molecule has 0 radical (unpaired) electrons. The highest BCUT2D eigenvalue weighted by Crippen LogP contribution is 2.34. The van der Waals surface area contributed by atoms with E-state index in [0.29, 0.717) is 11.9 Å². The molecule has 0 amide bonds. The lowest BCUT2D eigenvalue weighted by Crippen LogP contribution is -2.42. The number of aryl methyl sites for hydroxylation is 2. The van der Waals surface area contributed by atoms with Gasteiger partial charge in [0.2, 0.25) is 0 Å². The Balaban J connectivity index is 2.17. The van der Waals surface area contributed by atoms with E-state index in [4.69, 9.17) is 0 Å². The number of rotatable bonds is 3. The van der Waals surface area contributed by atoms with Gasteiger partial charge in [0.1, 0.15) is 17.5 Å². The Morgan fingerprint density at radius 2 is 1.96 bits per heavy atom. The molecule has 0 saturated carbocycles. The largest absolute Gasteiger partial charge is 0.352 e. The molecule has 0 atom stereocenters. The number of nitrogens with zero attached hydrogens (tertiary/aromatic N) is 5. The third kappa shape index (κ3) is 2.02. The molecule has 7 nitrogen and oxygen atoms in total. The van der Waals surface area contributed by atoms with Crippen LogP contribution in [0.15, 0.2) is 34.9 Å². The highest BCUT2D eigenvalue weighted by molar-refractivity contribution is 7.18. The van der Waals surface area contributed by atoms with E-state index < -0.39 is 5.69 Å². The van der Waals surface area contributed by atoms with Gasteiger partial charge in [-0.15, -0.1) is 28.1 Å². The molecule has 23 heavy (non-hydrogen) atoms. The molecule has 0 aromatic carbocycles. The average molecular weight is 329 g/mol. The number of allylic oxidation sites excluding steroid dienone is 1. The Morgan fingerprint density at radius 1 is 1.22 bits per heavy atom. The van der Waals surface area contributed by atoms with Gasteiger partial charge < -0.3 is 0 Å². The summed E-state index contributed by atoms with van der Waals surface area (Å²) < 4.78 is 4.02. The van der Waals surface area contributed by atoms with Crippen LogP contribution < -0.4 is 11.2 Å². The Bertz CT molecular complexity index is 1010. The van der Waals surface area contributed by atoms with Crippen molar-refractivity contribution in [2.24, 2.45) is 0 Å². The quantitative estimate of drug-likeness (QED) is 0.677. The second-order valence-electron chi connectivity index (χ2n) is 5.53. The van der Waals surface area contributed by atoms with Crippen molar-refractivity contribution in [3.8, 4) is 0 Å². The third-order valence-electron chi connectivity index (χ3n) is 4.17. The van der Waals surface area contributed by atoms with Crippen molar-refractivity contribution in [2.45, 2.75) is 32.2 Å². The number of fused-ring (bicyclic) bond motifs is 3. The molecule has 0 unspecified atom stereocenters. The van der Waals surface area contributed by atoms with Gasteiger partial charge in [-0.05, 0) is 31.2 Å². The van der Waals surface area contributed by atoms with E-state index in [1.165, 1.54) is 22.2 Å². The van der Waals surface area contributed by atoms with Crippen molar-refractivity contribution in [3.05, 3.63) is 56.6 Å². The molecule has 1 aliphatic rings. The molecule has 0 saturated heterocycles. The lowest BCUT2D eigenvalue weighted by molar-refractivity contribution is 0.558. The summed E-state index contributed by atoms with van der Waals surface area (Å²) in [4.78, 5) is 27.8. The molecule has 3 aromatic heterocycles. The van der Waals surface area contributed by atoms with Crippen LogP contribution in [0.25, 0.3) is 10.2 Å². The van der Waals surface area contributed by atoms with E-state index in [0.717, 1.165) is 40.8 Å². The van der Waals surface area contributed by atoms with Gasteiger partial charge in [-0.2, -0.15) is 4.68 Å². The molecule has 0 fully saturated rings. The number of aromatic nitrogens is 5. The monoisotopic (exact) mass is 329 g/mol. The molecule has 118 valence electrons. The van der Waals surface area contributed by atoms with Crippen LogP contribution in [0, 0.1) is 0 Å². The van der Waals surface area contributed by atoms with Crippen LogP contribution in [0.1, 0.15) is 23.3 Å². The minimum Gasteiger partial charge on any atom is -0.279 e. The fourth-order valence-corrected chi connectivity index (χ4v) is 4.53. The summed E-state index contributed by atoms with van der Waals surface area (Å²) in [7, 11) is 0. The predicted octanol–water partition coefficient (Wildman–Crippen LogP) is 1.19. The molecular weight excluding hydrogens is 314 g/mol. The van der Waals surface area contributed by atoms with Gasteiger partial charge in [-0.1, -0.05) is 6.08 Å². The standard InChI is InChI=1S/C15H15N5O2S/c1-2-7-19-14-12(10-5-3-4-6-11(10)23-14)13(21)20(15(19)22)18-8-16-17-9-18/h2,8-9H,1,3-7H2. The van der Waals surface area contributed by atoms with Crippen LogP contribution in [0.4, 0.5) is 0 Å². The van der Waals surface area contributed by atoms with Gasteiger partial charge in [-0.3, -0.25) is 9.36 Å². The number of hydrogen-bond donors (Lipinski definition) is 0. The molecule has 0 bridgehead atoms. The van der Waals surface area contributed by atoms with E-state index in [9.17, 15) is 9.59 Å². The SMILES string of the molecule is C=CCn1c(=O)n(-n2cnnc2)c(=O)c2c3c(sc21)CCCC3. The highest BCUT2D eigenvalue weighted by atomic mass is 32.1. The molecule has 8 heteroatoms. The first-order valence-corrected chi connectivity index (χ1v) is 8.30. The minimum atomic E-state index is -0.402. The first-order chi connectivity index (χ1) is 11.2. The lowest BCUT2D eigenvalue weighted by atomic mass is 9.97. The first-order valence-electron chi connectivity index (χ1n) is 7.48. The summed E-state index contributed by atoms with van der Waals surface area (Å²) in [6, 6.07) is 0. The first kappa shape index (κ1) is 14.1. The summed E-state index contributed by atoms with van der Waals surface area (Å²) in [5.41, 5.74) is 0.395. The summed E-state index contributed by atoms with van der Waals surface area (Å²) in [5.74, 6) is 0. The fourth-order valence-electron chi connectivity index (χ4n) is 3.15. The van der Waals surface area contributed by atoms with Crippen molar-refractivity contribution in [1.29, 1.82) is 0 Å². The minimum absolute atomic E-state index is 0.301. The highest BCUT2D eigenvalue weighted by Gasteiger charge is 2.23. The van der Waals surface area contributed by atoms with Crippen LogP contribution in [-0.2, 0) is 19.4 Å². The second kappa shape index (κ2) is 5.31. The Hall–Kier alpha value is -2.48. The number of hydrogen-bond acceptors (Lipinski definition) is 5. The smallest absolute Gasteiger partial charge is 0.279 e. The van der Waals surface area contributed by atoms with Gasteiger partial charge in [0.25, 0.3) is 5.56 Å². The van der Waals surface area contributed by atoms with Gasteiger partial charge >= 0.3 is 5.69 Å². The Labute approximate surface area is 135 Å². The zero-order chi connectivity index (χ0) is 16.0. The van der Waals surface area contributed by atoms with Crippen molar-refractivity contribution in [3.63, 3.8) is 0 Å².